The fraction of sp³-hybridized carbons (Fsp3) is 0.553. The van der Waals surface area contributed by atoms with Crippen LogP contribution in [-0.4, -0.2) is 83.2 Å². The largest absolute Gasteiger partial charge is 0.488 e. The van der Waals surface area contributed by atoms with Crippen molar-refractivity contribution in [1.29, 1.82) is 0 Å². The number of carbonyl (C=O) groups excluding carboxylic acids is 4. The highest BCUT2D eigenvalue weighted by molar-refractivity contribution is 5.91. The monoisotopic (exact) mass is 712 g/mol. The Hall–Kier alpha value is -4.49. The van der Waals surface area contributed by atoms with Crippen LogP contribution in [0.5, 0.6) is 5.75 Å². The number of hydrogen-bond donors (Lipinski definition) is 7. The first kappa shape index (κ1) is 42.7. The van der Waals surface area contributed by atoms with Gasteiger partial charge in [0.2, 0.25) is 23.6 Å². The average Bonchev–Trinajstić information content (AvgIpc) is 3.10. The van der Waals surface area contributed by atoms with Gasteiger partial charge in [-0.2, -0.15) is 0 Å². The minimum Gasteiger partial charge on any atom is -0.488 e. The number of quaternary nitrogens is 1. The third-order valence-electron chi connectivity index (χ3n) is 9.02. The molecular formula is C38H58N5O8+. The van der Waals surface area contributed by atoms with Crippen LogP contribution in [0.4, 0.5) is 0 Å². The van der Waals surface area contributed by atoms with E-state index in [0.29, 0.717) is 37.3 Å². The molecule has 9 N–H and O–H groups in total. The number of amides is 4. The fourth-order valence-electron chi connectivity index (χ4n) is 5.49. The minimum absolute atomic E-state index is 0.0212. The van der Waals surface area contributed by atoms with Crippen LogP contribution in [0.25, 0.3) is 0 Å². The molecule has 0 bridgehead atoms. The lowest BCUT2D eigenvalue weighted by molar-refractivity contribution is -0.370. The van der Waals surface area contributed by atoms with Crippen molar-refractivity contribution in [2.45, 2.75) is 104 Å². The summed E-state index contributed by atoms with van der Waals surface area (Å²) in [4.78, 5) is 65.3. The number of carboxylic acid groups (broad SMARTS) is 1. The maximum absolute atomic E-state index is 13.8. The Morgan fingerprint density at radius 3 is 1.86 bits per heavy atom. The van der Waals surface area contributed by atoms with Gasteiger partial charge in [-0.15, -0.1) is 0 Å². The Balaban J connectivity index is 2.24. The van der Waals surface area contributed by atoms with Crippen LogP contribution in [0.2, 0.25) is 0 Å². The number of aliphatic hydroxyl groups excluding tert-OH is 1. The zero-order valence-corrected chi connectivity index (χ0v) is 30.8. The normalized spacial score (nSPS) is 15.3. The standard InChI is InChI=1S/C38H57N5O8/c1-7-24(5)34(41-31(45)21-27-15-12-16-28(19-27)51-18-17-39)36(47)40-29(20-26-13-10-9-11-14-26)30(44)22-32(46)42-35(25(6)8-2)37(48)43-33(23(3)4)38(49)50/h9-16,19,23-25,29-30,33-35,44H,7-8,17-18,20-22,39H2,1-6H3,(H,40,47)(H,41,45)(H,42,46)(H,43,48)(H,49,50)/p+1. The van der Waals surface area contributed by atoms with Crippen molar-refractivity contribution in [3.05, 3.63) is 65.7 Å². The SMILES string of the molecule is CCC(C)C(NC(=O)Cc1cccc(OCC[NH3+])c1)C(=O)NC(Cc1ccccc1)C(O)CC(=O)NC(C(=O)NC(C(=O)O)C(C)C)C(C)CC. The van der Waals surface area contributed by atoms with Crippen molar-refractivity contribution in [2.24, 2.45) is 17.8 Å². The van der Waals surface area contributed by atoms with Gasteiger partial charge in [-0.3, -0.25) is 19.2 Å². The maximum Gasteiger partial charge on any atom is 0.326 e. The number of carboxylic acids is 1. The molecule has 4 amide bonds. The third kappa shape index (κ3) is 14.3. The van der Waals surface area contributed by atoms with E-state index in [1.165, 1.54) is 0 Å². The summed E-state index contributed by atoms with van der Waals surface area (Å²) in [6, 6.07) is 12.3. The van der Waals surface area contributed by atoms with Gasteiger partial charge >= 0.3 is 5.97 Å². The van der Waals surface area contributed by atoms with Crippen molar-refractivity contribution in [3.63, 3.8) is 0 Å². The van der Waals surface area contributed by atoms with E-state index in [9.17, 15) is 34.2 Å². The number of ether oxygens (including phenoxy) is 1. The number of nitrogens with one attached hydrogen (secondary N) is 4. The summed E-state index contributed by atoms with van der Waals surface area (Å²) < 4.78 is 5.63. The summed E-state index contributed by atoms with van der Waals surface area (Å²) >= 11 is 0. The lowest BCUT2D eigenvalue weighted by Gasteiger charge is -2.30. The Morgan fingerprint density at radius 1 is 0.745 bits per heavy atom. The lowest BCUT2D eigenvalue weighted by Crippen LogP contribution is -2.57. The summed E-state index contributed by atoms with van der Waals surface area (Å²) in [6.45, 7) is 11.8. The predicted molar refractivity (Wildman–Crippen MR) is 193 cm³/mol. The summed E-state index contributed by atoms with van der Waals surface area (Å²) in [5.74, 6) is -3.67. The number of aliphatic hydroxyl groups is 1. The molecule has 2 aromatic carbocycles. The van der Waals surface area contributed by atoms with Crippen molar-refractivity contribution >= 4 is 29.6 Å². The molecule has 0 saturated carbocycles. The molecule has 0 spiro atoms. The van der Waals surface area contributed by atoms with Crippen molar-refractivity contribution in [3.8, 4) is 5.75 Å². The van der Waals surface area contributed by atoms with E-state index in [0.717, 1.165) is 5.56 Å². The first-order valence-electron chi connectivity index (χ1n) is 17.9. The summed E-state index contributed by atoms with van der Waals surface area (Å²) in [5.41, 5.74) is 5.28. The second-order valence-electron chi connectivity index (χ2n) is 13.5. The zero-order valence-electron chi connectivity index (χ0n) is 30.8. The molecule has 0 fully saturated rings. The molecule has 0 radical (unpaired) electrons. The Bertz CT molecular complexity index is 1420. The molecule has 51 heavy (non-hydrogen) atoms. The molecule has 0 aliphatic rings. The molecule has 0 aliphatic heterocycles. The van der Waals surface area contributed by atoms with Gasteiger partial charge in [0, 0.05) is 0 Å². The average molecular weight is 713 g/mol. The van der Waals surface area contributed by atoms with Gasteiger partial charge in [-0.25, -0.2) is 4.79 Å². The molecule has 0 aromatic heterocycles. The Labute approximate surface area is 301 Å². The van der Waals surface area contributed by atoms with Crippen LogP contribution in [0.1, 0.15) is 71.9 Å². The van der Waals surface area contributed by atoms with Gasteiger partial charge in [0.25, 0.3) is 0 Å². The second kappa shape index (κ2) is 21.7. The van der Waals surface area contributed by atoms with Crippen LogP contribution >= 0.6 is 0 Å². The summed E-state index contributed by atoms with van der Waals surface area (Å²) in [6.07, 6.45) is -0.506. The molecule has 7 atom stereocenters. The van der Waals surface area contributed by atoms with E-state index in [1.807, 2.05) is 51.1 Å². The van der Waals surface area contributed by atoms with Gasteiger partial charge in [0.15, 0.2) is 0 Å². The van der Waals surface area contributed by atoms with Crippen molar-refractivity contribution in [1.82, 2.24) is 21.3 Å². The van der Waals surface area contributed by atoms with Crippen molar-refractivity contribution in [2.75, 3.05) is 13.2 Å². The molecule has 2 aromatic rings. The van der Waals surface area contributed by atoms with Gasteiger partial charge in [-0.1, -0.05) is 96.8 Å². The topological polar surface area (TPSA) is 211 Å². The number of benzene rings is 2. The smallest absolute Gasteiger partial charge is 0.326 e. The summed E-state index contributed by atoms with van der Waals surface area (Å²) in [7, 11) is 0. The van der Waals surface area contributed by atoms with Gasteiger partial charge < -0.3 is 42.0 Å². The highest BCUT2D eigenvalue weighted by Crippen LogP contribution is 2.17. The first-order valence-corrected chi connectivity index (χ1v) is 17.9. The number of aliphatic carboxylic acids is 1. The molecular weight excluding hydrogens is 654 g/mol. The van der Waals surface area contributed by atoms with Crippen LogP contribution < -0.4 is 31.7 Å². The molecule has 282 valence electrons. The van der Waals surface area contributed by atoms with Gasteiger partial charge in [0.05, 0.1) is 25.0 Å². The third-order valence-corrected chi connectivity index (χ3v) is 9.02. The van der Waals surface area contributed by atoms with Crippen LogP contribution in [0, 0.1) is 17.8 Å². The quantitative estimate of drug-likeness (QED) is 0.0952. The first-order chi connectivity index (χ1) is 24.2. The highest BCUT2D eigenvalue weighted by Gasteiger charge is 2.34. The second-order valence-corrected chi connectivity index (χ2v) is 13.5. The van der Waals surface area contributed by atoms with Crippen LogP contribution in [0.15, 0.2) is 54.6 Å². The molecule has 7 unspecified atom stereocenters. The number of carbonyl (C=O) groups is 5. The Morgan fingerprint density at radius 2 is 1.31 bits per heavy atom. The van der Waals surface area contributed by atoms with Crippen LogP contribution in [0.3, 0.4) is 0 Å². The van der Waals surface area contributed by atoms with E-state index in [2.05, 4.69) is 27.0 Å². The summed E-state index contributed by atoms with van der Waals surface area (Å²) in [5, 5.41) is 31.9. The lowest BCUT2D eigenvalue weighted by atomic mass is 9.94. The van der Waals surface area contributed by atoms with E-state index >= 15 is 0 Å². The molecule has 13 nitrogen and oxygen atoms in total. The molecule has 0 aliphatic carbocycles. The number of rotatable bonds is 22. The predicted octanol–water partition coefficient (Wildman–Crippen LogP) is 1.62. The van der Waals surface area contributed by atoms with Gasteiger partial charge in [-0.05, 0) is 47.4 Å². The van der Waals surface area contributed by atoms with E-state index in [1.54, 1.807) is 45.0 Å². The fourth-order valence-corrected chi connectivity index (χ4v) is 5.49. The minimum atomic E-state index is -1.37. The molecule has 13 heteroatoms. The molecule has 0 heterocycles. The van der Waals surface area contributed by atoms with Gasteiger partial charge in [0.1, 0.15) is 37.0 Å². The highest BCUT2D eigenvalue weighted by atomic mass is 16.5. The maximum atomic E-state index is 13.8. The van der Waals surface area contributed by atoms with Crippen molar-refractivity contribution < 1.29 is 44.7 Å². The van der Waals surface area contributed by atoms with E-state index in [-0.39, 0.29) is 36.5 Å². The van der Waals surface area contributed by atoms with E-state index in [4.69, 9.17) is 4.74 Å². The molecule has 0 saturated heterocycles. The molecule has 2 rings (SSSR count). The zero-order chi connectivity index (χ0) is 38.1. The van der Waals surface area contributed by atoms with E-state index < -0.39 is 60.4 Å². The Kier molecular flexibility index (Phi) is 18.1. The van der Waals surface area contributed by atoms with Crippen LogP contribution in [-0.2, 0) is 36.8 Å². The number of hydrogen-bond acceptors (Lipinski definition) is 7.